The van der Waals surface area contributed by atoms with Crippen molar-refractivity contribution in [2.75, 3.05) is 11.9 Å². The van der Waals surface area contributed by atoms with Crippen LogP contribution in [-0.2, 0) is 22.5 Å². The van der Waals surface area contributed by atoms with Gasteiger partial charge in [-0.1, -0.05) is 106 Å². The summed E-state index contributed by atoms with van der Waals surface area (Å²) in [6.45, 7) is 26.7. The second kappa shape index (κ2) is 13.3. The van der Waals surface area contributed by atoms with Gasteiger partial charge < -0.3 is 17.7 Å². The molecule has 10 nitrogen and oxygen atoms in total. The predicted molar refractivity (Wildman–Crippen MR) is 186 cm³/mol. The maximum absolute atomic E-state index is 18.3. The van der Waals surface area contributed by atoms with Gasteiger partial charge in [-0.15, -0.1) is 5.54 Å². The van der Waals surface area contributed by atoms with Gasteiger partial charge in [0.2, 0.25) is 17.5 Å². The van der Waals surface area contributed by atoms with E-state index in [1.165, 1.54) is 10.9 Å². The molecule has 2 aromatic rings. The monoisotopic (exact) mass is 711 g/mol. The number of hydrogen-bond acceptors (Lipinski definition) is 8. The summed E-state index contributed by atoms with van der Waals surface area (Å²) in [4.78, 5) is 25.7. The number of fused-ring (bicyclic) bond motifs is 2. The lowest BCUT2D eigenvalue weighted by molar-refractivity contribution is -0.118. The van der Waals surface area contributed by atoms with E-state index in [0.717, 1.165) is 0 Å². The highest BCUT2D eigenvalue weighted by Gasteiger charge is 2.66. The number of anilines is 1. The lowest BCUT2D eigenvalue weighted by Gasteiger charge is -2.51. The molecule has 4 rings (SSSR count). The molecule has 0 saturated carbocycles. The summed E-state index contributed by atoms with van der Waals surface area (Å²) in [5.41, 5.74) is 1.59. The summed E-state index contributed by atoms with van der Waals surface area (Å²) in [5, 5.41) is 2.71. The number of imidazole rings is 1. The number of rotatable bonds is 7. The Balaban J connectivity index is 1.95. The highest BCUT2D eigenvalue weighted by Crippen LogP contribution is 2.52. The van der Waals surface area contributed by atoms with Crippen molar-refractivity contribution in [1.29, 1.82) is 0 Å². The number of aromatic nitrogens is 4. The second-order valence-electron chi connectivity index (χ2n) is 15.1. The number of alkyl halides is 1. The molecule has 0 radical (unpaired) electrons. The van der Waals surface area contributed by atoms with Crippen LogP contribution in [0.3, 0.4) is 0 Å². The largest absolute Gasteiger partial charge is 0.414 e. The van der Waals surface area contributed by atoms with E-state index in [0.29, 0.717) is 0 Å². The van der Waals surface area contributed by atoms with E-state index in [4.69, 9.17) is 29.3 Å². The fourth-order valence-corrected chi connectivity index (χ4v) is 18.2. The lowest BCUT2D eigenvalue weighted by Crippen LogP contribution is -2.66. The van der Waals surface area contributed by atoms with Crippen LogP contribution < -0.4 is 5.32 Å². The first-order valence-corrected chi connectivity index (χ1v) is 24.1. The Labute approximate surface area is 281 Å². The number of nitrogens with one attached hydrogen (secondary N) is 1. The fourth-order valence-electron chi connectivity index (χ4n) is 6.21. The average molecular weight is 712 g/mol. The summed E-state index contributed by atoms with van der Waals surface area (Å²) in [5.74, 6) is 2.42. The maximum Gasteiger partial charge on any atom is 0.335 e. The van der Waals surface area contributed by atoms with E-state index in [-0.39, 0.29) is 62.9 Å². The van der Waals surface area contributed by atoms with Gasteiger partial charge in [-0.2, -0.15) is 9.97 Å². The van der Waals surface area contributed by atoms with Crippen LogP contribution >= 0.6 is 11.6 Å². The number of carbonyl (C=O) groups is 1. The minimum Gasteiger partial charge on any atom is -0.414 e. The molecule has 2 fully saturated rings. The molecule has 2 aromatic heterocycles. The van der Waals surface area contributed by atoms with Gasteiger partial charge in [-0.05, 0) is 22.2 Å². The van der Waals surface area contributed by atoms with Crippen molar-refractivity contribution in [2.24, 2.45) is 5.92 Å². The molecule has 2 aliphatic rings. The van der Waals surface area contributed by atoms with Gasteiger partial charge in [-0.25, -0.2) is 9.37 Å². The van der Waals surface area contributed by atoms with Crippen molar-refractivity contribution in [3.8, 4) is 11.5 Å². The van der Waals surface area contributed by atoms with Crippen LogP contribution in [0.1, 0.15) is 75.5 Å². The van der Waals surface area contributed by atoms with Gasteiger partial charge in [0.25, 0.3) is 0 Å². The third kappa shape index (κ3) is 6.76. The molecule has 256 valence electrons. The lowest BCUT2D eigenvalue weighted by atomic mass is 9.97. The topological polar surface area (TPSA) is 110 Å². The van der Waals surface area contributed by atoms with E-state index < -0.39 is 49.3 Å². The molecular weight excluding hydrogens is 661 g/mol. The predicted octanol–water partition coefficient (Wildman–Crippen LogP) is 7.52. The fraction of sp³-hybridized carbons (Fsp3) is 0.742. The smallest absolute Gasteiger partial charge is 0.335 e. The number of carbonyl (C=O) groups excluding carboxylic acids is 1. The molecule has 2 saturated heterocycles. The van der Waals surface area contributed by atoms with Crippen molar-refractivity contribution < 1.29 is 26.9 Å². The van der Waals surface area contributed by atoms with Gasteiger partial charge in [-0.3, -0.25) is 14.7 Å². The minimum atomic E-state index is -3.20. The minimum absolute atomic E-state index is 0.0109. The van der Waals surface area contributed by atoms with Crippen LogP contribution in [0, 0.1) is 17.4 Å². The molecule has 1 unspecified atom stereocenters. The standard InChI is InChI=1S/C31H51ClFN5O5Si3/c1-18(2)28(39)37-30-35-26(32)24-27(36-30)38(17-34-24)29-31(33,14-15-44(11,12)13)25-23(41-29)16-40-45(19(3)4,20(5)6)43-46(42-25,21(7)8)22(9)10/h17-23,25,29H,16H2,1-13H3,(H,35,36,37,39)/t23?,25-,29-,31-/m1/s1. The SMILES string of the molecule is CC(C)C(=O)Nc1nc(Cl)c2ncn([C@@H]3OC4CO[Si](C(C)C)(C(C)C)O[Si](C(C)C)(C(C)C)O[C@H]4[C@]3(F)C#C[Si](C)(C)C)c2n1. The van der Waals surface area contributed by atoms with Crippen molar-refractivity contribution in [1.82, 2.24) is 19.5 Å². The van der Waals surface area contributed by atoms with Gasteiger partial charge >= 0.3 is 17.1 Å². The number of hydrogen-bond donors (Lipinski definition) is 1. The zero-order valence-corrected chi connectivity index (χ0v) is 33.2. The zero-order valence-electron chi connectivity index (χ0n) is 29.5. The van der Waals surface area contributed by atoms with E-state index in [1.54, 1.807) is 13.8 Å². The number of ether oxygens (including phenoxy) is 1. The maximum atomic E-state index is 18.3. The molecule has 46 heavy (non-hydrogen) atoms. The first-order valence-electron chi connectivity index (χ1n) is 16.3. The molecule has 0 aromatic carbocycles. The molecule has 0 bridgehead atoms. The molecule has 4 heterocycles. The normalized spacial score (nSPS) is 26.4. The van der Waals surface area contributed by atoms with Crippen molar-refractivity contribution in [3.05, 3.63) is 11.5 Å². The molecule has 0 spiro atoms. The molecule has 15 heteroatoms. The van der Waals surface area contributed by atoms with Gasteiger partial charge in [0, 0.05) is 5.92 Å². The highest BCUT2D eigenvalue weighted by atomic mass is 35.5. The third-order valence-electron chi connectivity index (χ3n) is 8.76. The van der Waals surface area contributed by atoms with Crippen LogP contribution in [0.2, 0.25) is 47.0 Å². The Bertz CT molecular complexity index is 1490. The van der Waals surface area contributed by atoms with Gasteiger partial charge in [0.1, 0.15) is 25.8 Å². The van der Waals surface area contributed by atoms with Crippen molar-refractivity contribution >= 4 is 59.8 Å². The Morgan fingerprint density at radius 3 is 2.15 bits per heavy atom. The first kappa shape index (κ1) is 37.1. The summed E-state index contributed by atoms with van der Waals surface area (Å²) < 4.78 is 47.8. The summed E-state index contributed by atoms with van der Waals surface area (Å²) in [6.07, 6.45) is -1.78. The van der Waals surface area contributed by atoms with Gasteiger partial charge in [0.15, 0.2) is 17.0 Å². The third-order valence-corrected chi connectivity index (χ3v) is 20.1. The molecule has 0 aliphatic carbocycles. The molecule has 2 aliphatic heterocycles. The summed E-state index contributed by atoms with van der Waals surface area (Å²) in [7, 11) is -8.18. The van der Waals surface area contributed by atoms with E-state index in [9.17, 15) is 4.79 Å². The van der Waals surface area contributed by atoms with E-state index in [2.05, 4.69) is 107 Å². The molecular formula is C31H51ClFN5O5Si3. The van der Waals surface area contributed by atoms with Crippen molar-refractivity contribution in [3.63, 3.8) is 0 Å². The van der Waals surface area contributed by atoms with Crippen LogP contribution in [0.4, 0.5) is 10.3 Å². The Morgan fingerprint density at radius 1 is 1.04 bits per heavy atom. The van der Waals surface area contributed by atoms with Crippen LogP contribution in [0.5, 0.6) is 0 Å². The van der Waals surface area contributed by atoms with E-state index >= 15 is 4.39 Å². The molecule has 1 amide bonds. The Morgan fingerprint density at radius 2 is 1.63 bits per heavy atom. The average Bonchev–Trinajstić information content (AvgIpc) is 3.45. The highest BCUT2D eigenvalue weighted by molar-refractivity contribution is 6.84. The Hall–Kier alpha value is -1.71. The van der Waals surface area contributed by atoms with E-state index in [1.807, 2.05) is 0 Å². The summed E-state index contributed by atoms with van der Waals surface area (Å²) >= 11 is 6.51. The van der Waals surface area contributed by atoms with Crippen molar-refractivity contribution in [2.45, 2.75) is 135 Å². The number of nitrogens with zero attached hydrogens (tertiary/aromatic N) is 4. The summed E-state index contributed by atoms with van der Waals surface area (Å²) in [6, 6.07) is 0. The van der Waals surface area contributed by atoms with Gasteiger partial charge in [0.05, 0.1) is 12.9 Å². The van der Waals surface area contributed by atoms with Crippen LogP contribution in [0.25, 0.3) is 11.2 Å². The Kier molecular flexibility index (Phi) is 10.7. The van der Waals surface area contributed by atoms with Crippen LogP contribution in [0.15, 0.2) is 6.33 Å². The first-order chi connectivity index (χ1) is 21.2. The zero-order chi connectivity index (χ0) is 34.6. The number of amides is 1. The molecule has 1 N–H and O–H groups in total. The number of halogens is 2. The van der Waals surface area contributed by atoms with Crippen LogP contribution in [-0.4, -0.2) is 75.1 Å². The molecule has 4 atom stereocenters. The quantitative estimate of drug-likeness (QED) is 0.179. The second-order valence-corrected chi connectivity index (χ2v) is 29.1.